The third kappa shape index (κ3) is 5.16. The van der Waals surface area contributed by atoms with Gasteiger partial charge in [-0.3, -0.25) is 18.8 Å². The molecule has 0 bridgehead atoms. The molecular formula is C28H20N2O7S2. The molecule has 4 aromatic rings. The first-order valence-corrected chi connectivity index (χ1v) is 14.4. The van der Waals surface area contributed by atoms with E-state index in [0.717, 1.165) is 16.5 Å². The van der Waals surface area contributed by atoms with Crippen LogP contribution in [0.5, 0.6) is 0 Å². The first-order chi connectivity index (χ1) is 18.6. The lowest BCUT2D eigenvalue weighted by Crippen LogP contribution is -2.34. The number of nitrogens with zero attached hydrogens (tertiary/aromatic N) is 2. The van der Waals surface area contributed by atoms with Crippen LogP contribution in [0.4, 0.5) is 5.69 Å². The zero-order valence-corrected chi connectivity index (χ0v) is 21.7. The van der Waals surface area contributed by atoms with Crippen molar-refractivity contribution in [2.24, 2.45) is 4.99 Å². The summed E-state index contributed by atoms with van der Waals surface area (Å²) in [4.78, 5) is 18.0. The Bertz CT molecular complexity index is 1920. The number of carbonyl (C=O) groups is 1. The molecule has 1 heterocycles. The number of fused-ring (bicyclic) bond motifs is 1. The van der Waals surface area contributed by atoms with E-state index < -0.39 is 35.9 Å². The highest BCUT2D eigenvalue weighted by Gasteiger charge is 2.36. The minimum atomic E-state index is -5.02. The van der Waals surface area contributed by atoms with Gasteiger partial charge in [0.05, 0.1) is 5.69 Å². The highest BCUT2D eigenvalue weighted by Crippen LogP contribution is 2.38. The predicted octanol–water partition coefficient (Wildman–Crippen LogP) is 4.72. The molecule has 0 radical (unpaired) electrons. The Labute approximate surface area is 224 Å². The maximum atomic E-state index is 13.7. The van der Waals surface area contributed by atoms with E-state index in [4.69, 9.17) is 0 Å². The first-order valence-electron chi connectivity index (χ1n) is 11.5. The highest BCUT2D eigenvalue weighted by molar-refractivity contribution is 7.86. The second-order valence-corrected chi connectivity index (χ2v) is 11.2. The van der Waals surface area contributed by atoms with Crippen molar-refractivity contribution < 1.29 is 30.7 Å². The van der Waals surface area contributed by atoms with E-state index in [-0.39, 0.29) is 28.0 Å². The van der Waals surface area contributed by atoms with Gasteiger partial charge in [0.25, 0.3) is 26.1 Å². The molecule has 5 rings (SSSR count). The van der Waals surface area contributed by atoms with Gasteiger partial charge in [0.15, 0.2) is 0 Å². The van der Waals surface area contributed by atoms with Gasteiger partial charge in [0, 0.05) is 16.3 Å². The average molecular weight is 561 g/mol. The van der Waals surface area contributed by atoms with Gasteiger partial charge < -0.3 is 0 Å². The Morgan fingerprint density at radius 3 is 2.03 bits per heavy atom. The lowest BCUT2D eigenvalue weighted by Gasteiger charge is -2.22. The zero-order valence-electron chi connectivity index (χ0n) is 20.0. The van der Waals surface area contributed by atoms with E-state index in [2.05, 4.69) is 4.99 Å². The van der Waals surface area contributed by atoms with Gasteiger partial charge in [0.2, 0.25) is 0 Å². The molecule has 0 atom stereocenters. The minimum absolute atomic E-state index is 0.00843. The van der Waals surface area contributed by atoms with Gasteiger partial charge in [-0.2, -0.15) is 16.8 Å². The molecule has 0 unspecified atom stereocenters. The van der Waals surface area contributed by atoms with Gasteiger partial charge >= 0.3 is 0 Å². The average Bonchev–Trinajstić information content (AvgIpc) is 3.23. The zero-order chi connectivity index (χ0) is 27.8. The summed E-state index contributed by atoms with van der Waals surface area (Å²) in [7, 11) is -9.75. The number of hydrogen-bond donors (Lipinski definition) is 2. The van der Waals surface area contributed by atoms with E-state index in [9.17, 15) is 30.7 Å². The number of amidine groups is 1. The van der Waals surface area contributed by atoms with Crippen LogP contribution in [0, 0.1) is 0 Å². The van der Waals surface area contributed by atoms with Crippen LogP contribution in [0.25, 0.3) is 16.8 Å². The van der Waals surface area contributed by atoms with Gasteiger partial charge in [-0.25, -0.2) is 4.99 Å². The second kappa shape index (κ2) is 10.0. The van der Waals surface area contributed by atoms with Crippen molar-refractivity contribution >= 4 is 54.5 Å². The van der Waals surface area contributed by atoms with Gasteiger partial charge in [-0.05, 0) is 23.8 Å². The van der Waals surface area contributed by atoms with Gasteiger partial charge in [-0.15, -0.1) is 0 Å². The quantitative estimate of drug-likeness (QED) is 0.257. The number of benzene rings is 4. The van der Waals surface area contributed by atoms with Crippen LogP contribution in [0.1, 0.15) is 11.1 Å². The van der Waals surface area contributed by atoms with Crippen molar-refractivity contribution in [1.82, 2.24) is 0 Å². The fraction of sp³-hybridized carbons (Fsp3) is 0. The minimum Gasteiger partial charge on any atom is -0.282 e. The second-order valence-electron chi connectivity index (χ2n) is 8.48. The lowest BCUT2D eigenvalue weighted by molar-refractivity contribution is -0.113. The van der Waals surface area contributed by atoms with Crippen LogP contribution in [0.3, 0.4) is 0 Å². The Morgan fingerprint density at radius 1 is 0.718 bits per heavy atom. The summed E-state index contributed by atoms with van der Waals surface area (Å²) in [5, 5.41) is -0.352. The monoisotopic (exact) mass is 560 g/mol. The molecule has 1 aliphatic rings. The molecule has 9 nitrogen and oxygen atoms in total. The molecule has 0 spiro atoms. The Balaban J connectivity index is 1.73. The van der Waals surface area contributed by atoms with Crippen molar-refractivity contribution in [2.45, 2.75) is 9.79 Å². The van der Waals surface area contributed by atoms with Crippen LogP contribution < -0.4 is 4.90 Å². The highest BCUT2D eigenvalue weighted by atomic mass is 32.2. The summed E-state index contributed by atoms with van der Waals surface area (Å²) >= 11 is 0. The molecule has 0 saturated heterocycles. The van der Waals surface area contributed by atoms with E-state index in [0.29, 0.717) is 5.56 Å². The van der Waals surface area contributed by atoms with E-state index in [1.807, 2.05) is 30.3 Å². The number of rotatable bonds is 6. The van der Waals surface area contributed by atoms with Crippen molar-refractivity contribution in [3.05, 3.63) is 120 Å². The number of hydrogen-bond acceptors (Lipinski definition) is 6. The molecule has 1 amide bonds. The maximum absolute atomic E-state index is 13.7. The number of anilines is 1. The Hall–Kier alpha value is -4.42. The van der Waals surface area contributed by atoms with Crippen molar-refractivity contribution in [2.75, 3.05) is 4.90 Å². The summed E-state index contributed by atoms with van der Waals surface area (Å²) in [6, 6.07) is 24.0. The largest absolute Gasteiger partial charge is 0.297 e. The van der Waals surface area contributed by atoms with Crippen molar-refractivity contribution in [3.8, 4) is 0 Å². The summed E-state index contributed by atoms with van der Waals surface area (Å²) in [5.41, 5.74) is 1.16. The number of carbonyl (C=O) groups excluding carboxylic acids is 1. The molecule has 196 valence electrons. The Kier molecular flexibility index (Phi) is 6.74. The molecule has 39 heavy (non-hydrogen) atoms. The molecule has 11 heteroatoms. The van der Waals surface area contributed by atoms with E-state index >= 15 is 0 Å². The molecular weight excluding hydrogens is 540 g/mol. The number of allylic oxidation sites excluding steroid dienone is 2. The SMILES string of the molecule is O=C1/C(=C/C=C/c2ccccc2)N=C(c2ccccc2)N1c1ccc2c(S(=O)(=O)O)cccc2c1S(=O)(=O)O. The third-order valence-electron chi connectivity index (χ3n) is 5.96. The maximum Gasteiger partial charge on any atom is 0.297 e. The first kappa shape index (κ1) is 26.2. The third-order valence-corrected chi connectivity index (χ3v) is 7.82. The van der Waals surface area contributed by atoms with E-state index in [1.165, 1.54) is 30.3 Å². The van der Waals surface area contributed by atoms with E-state index in [1.54, 1.807) is 42.5 Å². The van der Waals surface area contributed by atoms with Crippen LogP contribution in [-0.4, -0.2) is 37.7 Å². The molecule has 0 fully saturated rings. The van der Waals surface area contributed by atoms with Gasteiger partial charge in [0.1, 0.15) is 21.3 Å². The standard InChI is InChI=1S/C28H20N2O7S2/c31-28-23(15-7-11-19-9-3-1-4-10-19)29-27(20-12-5-2-6-13-20)30(28)24-18-17-21-22(26(24)39(35,36)37)14-8-16-25(21)38(32,33)34/h1-18H,(H,32,33,34)(H,35,36,37)/b11-7+,23-15-. The van der Waals surface area contributed by atoms with Crippen molar-refractivity contribution in [3.63, 3.8) is 0 Å². The molecule has 0 aliphatic carbocycles. The van der Waals surface area contributed by atoms with Crippen LogP contribution in [0.15, 0.2) is 124 Å². The fourth-order valence-electron chi connectivity index (χ4n) is 4.31. The molecule has 4 aromatic carbocycles. The summed E-state index contributed by atoms with van der Waals surface area (Å²) in [5.74, 6) is -0.558. The fourth-order valence-corrected chi connectivity index (χ4v) is 5.90. The van der Waals surface area contributed by atoms with Crippen LogP contribution in [-0.2, 0) is 25.0 Å². The number of amides is 1. The van der Waals surface area contributed by atoms with Crippen molar-refractivity contribution in [1.29, 1.82) is 0 Å². The predicted molar refractivity (Wildman–Crippen MR) is 148 cm³/mol. The summed E-state index contributed by atoms with van der Waals surface area (Å²) in [6.07, 6.45) is 4.90. The van der Waals surface area contributed by atoms with Crippen LogP contribution >= 0.6 is 0 Å². The summed E-state index contributed by atoms with van der Waals surface area (Å²) in [6.45, 7) is 0. The molecule has 0 saturated carbocycles. The molecule has 0 aromatic heterocycles. The normalized spacial score (nSPS) is 15.4. The smallest absolute Gasteiger partial charge is 0.282 e. The molecule has 2 N–H and O–H groups in total. The molecule has 1 aliphatic heterocycles. The lowest BCUT2D eigenvalue weighted by atomic mass is 10.1. The summed E-state index contributed by atoms with van der Waals surface area (Å²) < 4.78 is 69.1. The van der Waals surface area contributed by atoms with Gasteiger partial charge in [-0.1, -0.05) is 91.0 Å². The topological polar surface area (TPSA) is 141 Å². The van der Waals surface area contributed by atoms with Crippen LogP contribution in [0.2, 0.25) is 0 Å². The Morgan fingerprint density at radius 2 is 1.38 bits per heavy atom. The number of aliphatic imine (C=N–C) groups is 1.